The summed E-state index contributed by atoms with van der Waals surface area (Å²) < 4.78 is 5.29. The van der Waals surface area contributed by atoms with Gasteiger partial charge in [0.2, 0.25) is 11.8 Å². The Morgan fingerprint density at radius 3 is 2.30 bits per heavy atom. The number of likely N-dealkylation sites (tertiary alicyclic amines) is 1. The van der Waals surface area contributed by atoms with Gasteiger partial charge in [-0.15, -0.1) is 0 Å². The van der Waals surface area contributed by atoms with E-state index in [4.69, 9.17) is 4.74 Å². The minimum Gasteiger partial charge on any atom is -0.496 e. The van der Waals surface area contributed by atoms with Crippen LogP contribution in [0.2, 0.25) is 0 Å². The molecule has 2 aliphatic rings. The van der Waals surface area contributed by atoms with Gasteiger partial charge in [-0.05, 0) is 42.2 Å². The maximum atomic E-state index is 12.6. The predicted octanol–water partition coefficient (Wildman–Crippen LogP) is 0.460. The van der Waals surface area contributed by atoms with Crippen molar-refractivity contribution in [1.82, 2.24) is 14.7 Å². The average Bonchev–Trinajstić information content (AvgIpc) is 3.32. The third-order valence-corrected chi connectivity index (χ3v) is 5.79. The molecule has 3 rings (SSSR count). The first-order valence-electron chi connectivity index (χ1n) is 10.4. The lowest BCUT2D eigenvalue weighted by Gasteiger charge is -2.34. The molecule has 0 aromatic heterocycles. The van der Waals surface area contributed by atoms with Gasteiger partial charge in [0.25, 0.3) is 0 Å². The van der Waals surface area contributed by atoms with Gasteiger partial charge in [0, 0.05) is 50.9 Å². The first-order chi connectivity index (χ1) is 14.5. The van der Waals surface area contributed by atoms with Crippen molar-refractivity contribution in [2.75, 3.05) is 52.9 Å². The molecule has 0 bridgehead atoms. The summed E-state index contributed by atoms with van der Waals surface area (Å²) in [5.41, 5.74) is 1.83. The van der Waals surface area contributed by atoms with E-state index in [1.807, 2.05) is 4.90 Å². The Hall–Kier alpha value is -2.42. The number of nitrogens with zero attached hydrogens (tertiary/aromatic N) is 3. The highest BCUT2D eigenvalue weighted by Gasteiger charge is 2.24. The average molecular weight is 418 g/mol. The second-order valence-corrected chi connectivity index (χ2v) is 7.70. The zero-order valence-electron chi connectivity index (χ0n) is 17.5. The number of carbonyl (C=O) groups is 2. The summed E-state index contributed by atoms with van der Waals surface area (Å²) in [4.78, 5) is 30.7. The number of rotatable bonds is 7. The van der Waals surface area contributed by atoms with Gasteiger partial charge in [0.1, 0.15) is 5.75 Å². The Labute approximate surface area is 177 Å². The van der Waals surface area contributed by atoms with Crippen molar-refractivity contribution in [3.05, 3.63) is 34.9 Å². The number of carbonyl (C=O) groups excluding carboxylic acids is 2. The summed E-state index contributed by atoms with van der Waals surface area (Å²) in [5, 5.41) is 19.0. The molecular formula is C22H31N3O5. The molecule has 0 radical (unpaired) electrons. The lowest BCUT2D eigenvalue weighted by Crippen LogP contribution is -2.51. The van der Waals surface area contributed by atoms with Crippen LogP contribution in [-0.4, -0.2) is 89.7 Å². The summed E-state index contributed by atoms with van der Waals surface area (Å²) in [6.07, 6.45) is 5.39. The first-order valence-corrected chi connectivity index (χ1v) is 10.4. The molecule has 0 aliphatic carbocycles. The van der Waals surface area contributed by atoms with Crippen molar-refractivity contribution in [3.8, 4) is 5.75 Å². The quantitative estimate of drug-likeness (QED) is 0.626. The second-order valence-electron chi connectivity index (χ2n) is 7.70. The van der Waals surface area contributed by atoms with Gasteiger partial charge in [-0.2, -0.15) is 0 Å². The minimum atomic E-state index is -0.230. The smallest absolute Gasteiger partial charge is 0.246 e. The van der Waals surface area contributed by atoms with E-state index in [-0.39, 0.29) is 25.0 Å². The van der Waals surface area contributed by atoms with Crippen molar-refractivity contribution in [2.24, 2.45) is 0 Å². The van der Waals surface area contributed by atoms with Crippen LogP contribution in [0.4, 0.5) is 0 Å². The maximum absolute atomic E-state index is 12.6. The summed E-state index contributed by atoms with van der Waals surface area (Å²) in [6.45, 7) is 4.26. The zero-order chi connectivity index (χ0) is 21.5. The number of aliphatic hydroxyl groups is 2. The largest absolute Gasteiger partial charge is 0.496 e. The van der Waals surface area contributed by atoms with Crippen LogP contribution in [0.5, 0.6) is 5.75 Å². The topological polar surface area (TPSA) is 93.6 Å². The highest BCUT2D eigenvalue weighted by Crippen LogP contribution is 2.26. The van der Waals surface area contributed by atoms with Crippen LogP contribution in [0, 0.1) is 0 Å². The lowest BCUT2D eigenvalue weighted by molar-refractivity contribution is -0.132. The molecule has 1 aromatic carbocycles. The van der Waals surface area contributed by atoms with Gasteiger partial charge in [0.05, 0.1) is 26.9 Å². The number of hydrogen-bond acceptors (Lipinski definition) is 6. The summed E-state index contributed by atoms with van der Waals surface area (Å²) >= 11 is 0. The van der Waals surface area contributed by atoms with E-state index in [1.54, 1.807) is 23.1 Å². The third kappa shape index (κ3) is 5.38. The highest BCUT2D eigenvalue weighted by atomic mass is 16.5. The first kappa shape index (κ1) is 22.3. The van der Waals surface area contributed by atoms with Crippen LogP contribution in [0.1, 0.15) is 29.5 Å². The van der Waals surface area contributed by atoms with Crippen molar-refractivity contribution >= 4 is 17.9 Å². The monoisotopic (exact) mass is 417 g/mol. The molecule has 164 valence electrons. The molecule has 0 spiro atoms. The maximum Gasteiger partial charge on any atom is 0.246 e. The van der Waals surface area contributed by atoms with Gasteiger partial charge in [0.15, 0.2) is 0 Å². The fraction of sp³-hybridized carbons (Fsp3) is 0.545. The standard InChI is InChI=1S/C22H31N3O5/c1-30-20-13-17(12-18(15-26)19(20)16-27)4-5-21(28)25-10-8-23(9-11-25)14-22(29)24-6-2-3-7-24/h4-5,12-13,26-27H,2-3,6-11,14-16H2,1H3/b5-4+. The Bertz CT molecular complexity index is 756. The molecule has 2 aliphatic heterocycles. The van der Waals surface area contributed by atoms with Crippen LogP contribution < -0.4 is 4.74 Å². The van der Waals surface area contributed by atoms with Gasteiger partial charge in [-0.25, -0.2) is 0 Å². The van der Waals surface area contributed by atoms with E-state index in [0.29, 0.717) is 49.6 Å². The number of ether oxygens (including phenoxy) is 1. The van der Waals surface area contributed by atoms with Crippen LogP contribution in [0.25, 0.3) is 6.08 Å². The van der Waals surface area contributed by atoms with E-state index >= 15 is 0 Å². The summed E-state index contributed by atoms with van der Waals surface area (Å²) in [6, 6.07) is 3.47. The third-order valence-electron chi connectivity index (χ3n) is 5.79. The SMILES string of the molecule is COc1cc(/C=C/C(=O)N2CCN(CC(=O)N3CCCC3)CC2)cc(CO)c1CO. The number of amides is 2. The Kier molecular flexibility index (Phi) is 7.84. The lowest BCUT2D eigenvalue weighted by atomic mass is 10.0. The molecule has 8 nitrogen and oxygen atoms in total. The number of aliphatic hydroxyl groups excluding tert-OH is 2. The molecule has 2 N–H and O–H groups in total. The van der Waals surface area contributed by atoms with Crippen LogP contribution >= 0.6 is 0 Å². The zero-order valence-corrected chi connectivity index (χ0v) is 17.5. The van der Waals surface area contributed by atoms with Crippen molar-refractivity contribution in [1.29, 1.82) is 0 Å². The highest BCUT2D eigenvalue weighted by molar-refractivity contribution is 5.92. The summed E-state index contributed by atoms with van der Waals surface area (Å²) in [7, 11) is 1.50. The Balaban J connectivity index is 1.54. The van der Waals surface area contributed by atoms with Gasteiger partial charge >= 0.3 is 0 Å². The van der Waals surface area contributed by atoms with E-state index in [2.05, 4.69) is 4.90 Å². The van der Waals surface area contributed by atoms with Gasteiger partial charge in [-0.1, -0.05) is 0 Å². The van der Waals surface area contributed by atoms with Crippen LogP contribution in [0.15, 0.2) is 18.2 Å². The van der Waals surface area contributed by atoms with Gasteiger partial charge in [-0.3, -0.25) is 14.5 Å². The van der Waals surface area contributed by atoms with E-state index in [1.165, 1.54) is 13.2 Å². The molecule has 2 heterocycles. The Morgan fingerprint density at radius 1 is 1.00 bits per heavy atom. The molecule has 0 unspecified atom stereocenters. The molecule has 2 amide bonds. The van der Waals surface area contributed by atoms with Crippen LogP contribution in [0.3, 0.4) is 0 Å². The van der Waals surface area contributed by atoms with E-state index < -0.39 is 0 Å². The molecule has 0 atom stereocenters. The summed E-state index contributed by atoms with van der Waals surface area (Å²) in [5.74, 6) is 0.579. The van der Waals surface area contributed by atoms with E-state index in [0.717, 1.165) is 31.5 Å². The van der Waals surface area contributed by atoms with Crippen molar-refractivity contribution in [3.63, 3.8) is 0 Å². The molecule has 2 fully saturated rings. The minimum absolute atomic E-state index is 0.0868. The number of hydrogen-bond donors (Lipinski definition) is 2. The molecule has 8 heteroatoms. The molecule has 30 heavy (non-hydrogen) atoms. The second kappa shape index (κ2) is 10.6. The van der Waals surface area contributed by atoms with Crippen molar-refractivity contribution < 1.29 is 24.5 Å². The van der Waals surface area contributed by atoms with Gasteiger partial charge < -0.3 is 24.7 Å². The molecular weight excluding hydrogens is 386 g/mol. The number of benzene rings is 1. The molecule has 1 aromatic rings. The van der Waals surface area contributed by atoms with Crippen molar-refractivity contribution in [2.45, 2.75) is 26.1 Å². The van der Waals surface area contributed by atoms with E-state index in [9.17, 15) is 19.8 Å². The predicted molar refractivity (Wildman–Crippen MR) is 113 cm³/mol. The normalized spacial score (nSPS) is 17.7. The van der Waals surface area contributed by atoms with Crippen LogP contribution in [-0.2, 0) is 22.8 Å². The fourth-order valence-electron chi connectivity index (χ4n) is 3.98. The molecule has 0 saturated carbocycles. The molecule has 2 saturated heterocycles. The number of piperazine rings is 1. The fourth-order valence-corrected chi connectivity index (χ4v) is 3.98. The number of methoxy groups -OCH3 is 1. The Morgan fingerprint density at radius 2 is 1.70 bits per heavy atom.